The molecule has 0 fully saturated rings. The number of aryl methyl sites for hydroxylation is 1. The van der Waals surface area contributed by atoms with Crippen LogP contribution in [0.2, 0.25) is 5.02 Å². The number of hydrogen-bond donors (Lipinski definition) is 1. The average molecular weight is 305 g/mol. The minimum atomic E-state index is -0.0725. The first-order valence-electron chi connectivity index (χ1n) is 6.99. The maximum atomic E-state index is 9.16. The van der Waals surface area contributed by atoms with Crippen LogP contribution < -0.4 is 4.74 Å². The highest BCUT2D eigenvalue weighted by Gasteiger charge is 2.19. The molecule has 0 bridgehead atoms. The third-order valence-corrected chi connectivity index (χ3v) is 3.72. The number of hydrogen-bond acceptors (Lipinski definition) is 2. The number of benzene rings is 2. The van der Waals surface area contributed by atoms with Crippen molar-refractivity contribution < 1.29 is 9.84 Å². The smallest absolute Gasteiger partial charge is 0.131 e. The summed E-state index contributed by atoms with van der Waals surface area (Å²) in [6.45, 7) is 8.49. The minimum absolute atomic E-state index is 0.00378. The summed E-state index contributed by atoms with van der Waals surface area (Å²) >= 11 is 6.11. The van der Waals surface area contributed by atoms with Crippen molar-refractivity contribution in [2.75, 3.05) is 0 Å². The molecule has 0 spiro atoms. The fraction of sp³-hybridized carbons (Fsp3) is 0.333. The number of aliphatic hydroxyl groups is 1. The molecule has 0 aliphatic heterocycles. The van der Waals surface area contributed by atoms with Crippen LogP contribution in [0.5, 0.6) is 11.5 Å². The van der Waals surface area contributed by atoms with Crippen LogP contribution in [0.25, 0.3) is 0 Å². The molecule has 0 saturated heterocycles. The Morgan fingerprint density at radius 2 is 1.81 bits per heavy atom. The van der Waals surface area contributed by atoms with Gasteiger partial charge in [-0.1, -0.05) is 56.1 Å². The molecule has 0 amide bonds. The van der Waals surface area contributed by atoms with E-state index in [9.17, 15) is 0 Å². The van der Waals surface area contributed by atoms with Crippen LogP contribution in [0.3, 0.4) is 0 Å². The van der Waals surface area contributed by atoms with E-state index < -0.39 is 0 Å². The Morgan fingerprint density at radius 3 is 2.38 bits per heavy atom. The van der Waals surface area contributed by atoms with Gasteiger partial charge in [-0.25, -0.2) is 0 Å². The molecule has 0 unspecified atom stereocenters. The maximum absolute atomic E-state index is 9.16. The van der Waals surface area contributed by atoms with Gasteiger partial charge in [0, 0.05) is 10.6 Å². The van der Waals surface area contributed by atoms with Crippen LogP contribution in [0, 0.1) is 6.92 Å². The molecule has 2 aromatic carbocycles. The summed E-state index contributed by atoms with van der Waals surface area (Å²) in [4.78, 5) is 0. The summed E-state index contributed by atoms with van der Waals surface area (Å²) in [6, 6.07) is 11.5. The van der Waals surface area contributed by atoms with Crippen LogP contribution in [0.1, 0.15) is 37.5 Å². The summed E-state index contributed by atoms with van der Waals surface area (Å²) in [6.07, 6.45) is 0. The Labute approximate surface area is 131 Å². The van der Waals surface area contributed by atoms with Gasteiger partial charge in [0.25, 0.3) is 0 Å². The Hall–Kier alpha value is -1.51. The van der Waals surface area contributed by atoms with Gasteiger partial charge in [0.15, 0.2) is 0 Å². The number of aliphatic hydroxyl groups excluding tert-OH is 1. The van der Waals surface area contributed by atoms with Crippen molar-refractivity contribution in [1.82, 2.24) is 0 Å². The molecular weight excluding hydrogens is 284 g/mol. The van der Waals surface area contributed by atoms with Gasteiger partial charge in [0.1, 0.15) is 11.5 Å². The van der Waals surface area contributed by atoms with Crippen molar-refractivity contribution in [3.05, 3.63) is 58.1 Å². The molecule has 2 rings (SSSR count). The molecule has 2 nitrogen and oxygen atoms in total. The highest BCUT2D eigenvalue weighted by molar-refractivity contribution is 6.31. The van der Waals surface area contributed by atoms with Gasteiger partial charge in [-0.05, 0) is 36.1 Å². The second kappa shape index (κ2) is 6.08. The molecule has 0 heterocycles. The predicted octanol–water partition coefficient (Wildman–Crippen LogP) is 5.23. The lowest BCUT2D eigenvalue weighted by Crippen LogP contribution is -2.12. The first-order chi connectivity index (χ1) is 9.81. The topological polar surface area (TPSA) is 29.5 Å². The summed E-state index contributed by atoms with van der Waals surface area (Å²) in [7, 11) is 0. The second-order valence-electron chi connectivity index (χ2n) is 6.26. The van der Waals surface area contributed by atoms with Gasteiger partial charge < -0.3 is 9.84 Å². The van der Waals surface area contributed by atoms with Crippen LogP contribution >= 0.6 is 11.6 Å². The molecule has 2 aromatic rings. The van der Waals surface area contributed by atoms with Gasteiger partial charge in [0.05, 0.1) is 6.61 Å². The average Bonchev–Trinajstić information content (AvgIpc) is 2.40. The maximum Gasteiger partial charge on any atom is 0.131 e. The Balaban J connectivity index is 2.38. The summed E-state index contributed by atoms with van der Waals surface area (Å²) < 4.78 is 6.01. The highest BCUT2D eigenvalue weighted by Crippen LogP contribution is 2.35. The van der Waals surface area contributed by atoms with Crippen molar-refractivity contribution in [1.29, 1.82) is 0 Å². The van der Waals surface area contributed by atoms with Crippen molar-refractivity contribution in [2.45, 2.75) is 39.7 Å². The zero-order valence-corrected chi connectivity index (χ0v) is 13.7. The lowest BCUT2D eigenvalue weighted by atomic mass is 9.85. The Kier molecular flexibility index (Phi) is 4.60. The number of ether oxygens (including phenoxy) is 1. The lowest BCUT2D eigenvalue weighted by Gasteiger charge is -2.23. The van der Waals surface area contributed by atoms with E-state index in [2.05, 4.69) is 33.8 Å². The van der Waals surface area contributed by atoms with Crippen molar-refractivity contribution >= 4 is 11.6 Å². The molecule has 0 saturated carbocycles. The first kappa shape index (κ1) is 15.9. The molecule has 3 heteroatoms. The van der Waals surface area contributed by atoms with E-state index in [-0.39, 0.29) is 12.0 Å². The first-order valence-corrected chi connectivity index (χ1v) is 7.37. The molecule has 21 heavy (non-hydrogen) atoms. The summed E-state index contributed by atoms with van der Waals surface area (Å²) in [5.74, 6) is 1.51. The standard InChI is InChI=1S/C18H21ClO2/c1-12-5-8-17(15(9-12)18(2,3)4)21-14-7-6-13(11-20)16(19)10-14/h5-10,20H,11H2,1-4H3. The molecule has 0 aromatic heterocycles. The van der Waals surface area contributed by atoms with E-state index in [1.807, 2.05) is 18.2 Å². The highest BCUT2D eigenvalue weighted by atomic mass is 35.5. The van der Waals surface area contributed by atoms with Crippen LogP contribution in [-0.2, 0) is 12.0 Å². The molecule has 0 aliphatic rings. The zero-order chi connectivity index (χ0) is 15.6. The van der Waals surface area contributed by atoms with E-state index in [4.69, 9.17) is 21.4 Å². The molecule has 112 valence electrons. The second-order valence-corrected chi connectivity index (χ2v) is 6.67. The van der Waals surface area contributed by atoms with E-state index in [0.29, 0.717) is 16.3 Å². The van der Waals surface area contributed by atoms with Gasteiger partial charge >= 0.3 is 0 Å². The van der Waals surface area contributed by atoms with Crippen molar-refractivity contribution in [3.8, 4) is 11.5 Å². The zero-order valence-electron chi connectivity index (χ0n) is 12.9. The predicted molar refractivity (Wildman–Crippen MR) is 87.3 cm³/mol. The molecular formula is C18H21ClO2. The van der Waals surface area contributed by atoms with E-state index in [0.717, 1.165) is 11.3 Å². The number of rotatable bonds is 3. The SMILES string of the molecule is Cc1ccc(Oc2ccc(CO)c(Cl)c2)c(C(C)(C)C)c1. The van der Waals surface area contributed by atoms with Gasteiger partial charge in [-0.2, -0.15) is 0 Å². The Bertz CT molecular complexity index is 642. The third-order valence-electron chi connectivity index (χ3n) is 3.37. The van der Waals surface area contributed by atoms with Gasteiger partial charge in [-0.15, -0.1) is 0 Å². The quantitative estimate of drug-likeness (QED) is 0.841. The Morgan fingerprint density at radius 1 is 1.10 bits per heavy atom. The third kappa shape index (κ3) is 3.78. The van der Waals surface area contributed by atoms with Crippen LogP contribution in [0.15, 0.2) is 36.4 Å². The summed E-state index contributed by atoms with van der Waals surface area (Å²) in [5.41, 5.74) is 3.06. The van der Waals surface area contributed by atoms with Crippen molar-refractivity contribution in [3.63, 3.8) is 0 Å². The molecule has 0 radical (unpaired) electrons. The van der Waals surface area contributed by atoms with Gasteiger partial charge in [0.2, 0.25) is 0 Å². The normalized spacial score (nSPS) is 11.5. The molecule has 0 aliphatic carbocycles. The van der Waals surface area contributed by atoms with E-state index in [1.165, 1.54) is 5.56 Å². The monoisotopic (exact) mass is 304 g/mol. The minimum Gasteiger partial charge on any atom is -0.457 e. The lowest BCUT2D eigenvalue weighted by molar-refractivity contribution is 0.282. The van der Waals surface area contributed by atoms with Crippen LogP contribution in [0.4, 0.5) is 0 Å². The fourth-order valence-corrected chi connectivity index (χ4v) is 2.40. The summed E-state index contributed by atoms with van der Waals surface area (Å²) in [5, 5.41) is 9.67. The fourth-order valence-electron chi connectivity index (χ4n) is 2.17. The van der Waals surface area contributed by atoms with E-state index >= 15 is 0 Å². The van der Waals surface area contributed by atoms with Gasteiger partial charge in [-0.3, -0.25) is 0 Å². The molecule has 0 atom stereocenters. The van der Waals surface area contributed by atoms with Crippen molar-refractivity contribution in [2.24, 2.45) is 0 Å². The van der Waals surface area contributed by atoms with Crippen LogP contribution in [-0.4, -0.2) is 5.11 Å². The number of halogens is 1. The molecule has 1 N–H and O–H groups in total. The largest absolute Gasteiger partial charge is 0.457 e. The van der Waals surface area contributed by atoms with E-state index in [1.54, 1.807) is 12.1 Å².